The molecule has 0 fully saturated rings. The molecule has 11 nitrogen and oxygen atoms in total. The molecule has 2 aromatic heterocycles. The molecule has 0 aliphatic carbocycles. The van der Waals surface area contributed by atoms with Crippen LogP contribution in [0, 0.1) is 10.1 Å². The Morgan fingerprint density at radius 3 is 2.81 bits per heavy atom. The fourth-order valence-corrected chi connectivity index (χ4v) is 2.53. The first-order valence-corrected chi connectivity index (χ1v) is 7.96. The molecule has 12 heteroatoms. The molecule has 0 bridgehead atoms. The van der Waals surface area contributed by atoms with Gasteiger partial charge in [0.15, 0.2) is 6.61 Å². The minimum Gasteiger partial charge on any atom is -0.484 e. The summed E-state index contributed by atoms with van der Waals surface area (Å²) in [4.78, 5) is 22.3. The van der Waals surface area contributed by atoms with Gasteiger partial charge >= 0.3 is 5.00 Å². The van der Waals surface area contributed by atoms with Crippen LogP contribution in [0.2, 0.25) is 0 Å². The first-order chi connectivity index (χ1) is 12.6. The van der Waals surface area contributed by atoms with Crippen molar-refractivity contribution >= 4 is 28.5 Å². The molecule has 0 saturated carbocycles. The van der Waals surface area contributed by atoms with E-state index in [1.165, 1.54) is 23.3 Å². The van der Waals surface area contributed by atoms with Crippen LogP contribution in [0.3, 0.4) is 0 Å². The third kappa shape index (κ3) is 4.45. The molecular weight excluding hydrogens is 362 g/mol. The van der Waals surface area contributed by atoms with Crippen molar-refractivity contribution < 1.29 is 14.5 Å². The molecule has 132 valence electrons. The molecule has 26 heavy (non-hydrogen) atoms. The number of tetrazole rings is 1. The lowest BCUT2D eigenvalue weighted by atomic mass is 10.3. The summed E-state index contributed by atoms with van der Waals surface area (Å²) in [5.41, 5.74) is 3.04. The highest BCUT2D eigenvalue weighted by Crippen LogP contribution is 2.22. The molecule has 0 aliphatic heterocycles. The van der Waals surface area contributed by atoms with E-state index in [-0.39, 0.29) is 11.6 Å². The average Bonchev–Trinajstić information content (AvgIpc) is 3.32. The number of carbonyl (C=O) groups excluding carboxylic acids is 1. The highest BCUT2D eigenvalue weighted by Gasteiger charge is 2.08. The number of hydrazone groups is 1. The standard InChI is InChI=1S/C14H11N7O4S/c22-13(17-15-7-12-5-6-14(26-12)21(23)24)8-25-11-3-1-10(2-4-11)20-9-16-18-19-20/h1-7,9H,8H2,(H,17,22). The maximum atomic E-state index is 11.7. The highest BCUT2D eigenvalue weighted by molar-refractivity contribution is 7.16. The largest absolute Gasteiger partial charge is 0.484 e. The minimum atomic E-state index is -0.487. The van der Waals surface area contributed by atoms with Crippen molar-refractivity contribution in [3.63, 3.8) is 0 Å². The summed E-state index contributed by atoms with van der Waals surface area (Å²) in [6.45, 7) is -0.230. The Morgan fingerprint density at radius 2 is 2.15 bits per heavy atom. The Bertz CT molecular complexity index is 921. The zero-order chi connectivity index (χ0) is 18.4. The van der Waals surface area contributed by atoms with Crippen LogP contribution < -0.4 is 10.2 Å². The number of rotatable bonds is 7. The summed E-state index contributed by atoms with van der Waals surface area (Å²) in [6.07, 6.45) is 2.79. The third-order valence-corrected chi connectivity index (χ3v) is 3.97. The van der Waals surface area contributed by atoms with Gasteiger partial charge in [-0.1, -0.05) is 11.3 Å². The molecule has 1 N–H and O–H groups in total. The topological polar surface area (TPSA) is 137 Å². The van der Waals surface area contributed by atoms with Gasteiger partial charge in [0, 0.05) is 6.07 Å². The molecule has 0 radical (unpaired) electrons. The molecule has 1 amide bonds. The number of nitro groups is 1. The van der Waals surface area contributed by atoms with Gasteiger partial charge in [0.05, 0.1) is 21.7 Å². The lowest BCUT2D eigenvalue weighted by Gasteiger charge is -2.05. The average molecular weight is 373 g/mol. The van der Waals surface area contributed by atoms with Crippen molar-refractivity contribution in [1.82, 2.24) is 25.6 Å². The first-order valence-electron chi connectivity index (χ1n) is 7.14. The van der Waals surface area contributed by atoms with Gasteiger partial charge in [-0.25, -0.2) is 10.1 Å². The van der Waals surface area contributed by atoms with Crippen LogP contribution in [-0.4, -0.2) is 43.9 Å². The van der Waals surface area contributed by atoms with Crippen LogP contribution in [0.5, 0.6) is 5.75 Å². The summed E-state index contributed by atoms with van der Waals surface area (Å²) in [7, 11) is 0. The van der Waals surface area contributed by atoms with E-state index in [2.05, 4.69) is 26.1 Å². The van der Waals surface area contributed by atoms with E-state index in [0.717, 1.165) is 17.0 Å². The van der Waals surface area contributed by atoms with Gasteiger partial charge in [0.1, 0.15) is 12.1 Å². The van der Waals surface area contributed by atoms with Crippen molar-refractivity contribution in [2.75, 3.05) is 6.61 Å². The van der Waals surface area contributed by atoms with E-state index < -0.39 is 10.8 Å². The first kappa shape index (κ1) is 17.2. The second kappa shape index (κ2) is 7.94. The minimum absolute atomic E-state index is 0.00577. The van der Waals surface area contributed by atoms with Crippen LogP contribution >= 0.6 is 11.3 Å². The second-order valence-electron chi connectivity index (χ2n) is 4.76. The third-order valence-electron chi connectivity index (χ3n) is 2.99. The Morgan fingerprint density at radius 1 is 1.35 bits per heavy atom. The number of hydrogen-bond acceptors (Lipinski definition) is 9. The summed E-state index contributed by atoms with van der Waals surface area (Å²) in [6, 6.07) is 9.75. The molecule has 0 unspecified atom stereocenters. The lowest BCUT2D eigenvalue weighted by Crippen LogP contribution is -2.24. The van der Waals surface area contributed by atoms with Crippen LogP contribution in [0.25, 0.3) is 5.69 Å². The number of thiophene rings is 1. The number of benzene rings is 1. The maximum Gasteiger partial charge on any atom is 0.324 e. The Balaban J connectivity index is 1.46. The van der Waals surface area contributed by atoms with Gasteiger partial charge in [-0.15, -0.1) is 5.10 Å². The summed E-state index contributed by atoms with van der Waals surface area (Å²) in [5, 5.41) is 25.2. The van der Waals surface area contributed by atoms with Gasteiger partial charge in [-0.3, -0.25) is 14.9 Å². The second-order valence-corrected chi connectivity index (χ2v) is 5.86. The van der Waals surface area contributed by atoms with Gasteiger partial charge in [0.2, 0.25) is 0 Å². The van der Waals surface area contributed by atoms with E-state index in [1.807, 2.05) is 0 Å². The molecule has 3 rings (SSSR count). The molecule has 0 saturated heterocycles. The SMILES string of the molecule is O=C(COc1ccc(-n2cnnn2)cc1)NN=Cc1ccc([N+](=O)[O-])s1. The van der Waals surface area contributed by atoms with Crippen molar-refractivity contribution in [1.29, 1.82) is 0 Å². The van der Waals surface area contributed by atoms with Gasteiger partial charge in [-0.05, 0) is 40.8 Å². The van der Waals surface area contributed by atoms with Crippen LogP contribution in [0.4, 0.5) is 5.00 Å². The molecule has 3 aromatic rings. The number of nitrogens with zero attached hydrogens (tertiary/aromatic N) is 6. The molecule has 1 aromatic carbocycles. The van der Waals surface area contributed by atoms with Crippen molar-refractivity contribution in [2.24, 2.45) is 5.10 Å². The fraction of sp³-hybridized carbons (Fsp3) is 0.0714. The summed E-state index contributed by atoms with van der Waals surface area (Å²) < 4.78 is 6.83. The van der Waals surface area contributed by atoms with Gasteiger partial charge in [-0.2, -0.15) is 5.10 Å². The van der Waals surface area contributed by atoms with E-state index in [0.29, 0.717) is 10.6 Å². The monoisotopic (exact) mass is 373 g/mol. The molecule has 0 atom stereocenters. The van der Waals surface area contributed by atoms with E-state index in [9.17, 15) is 14.9 Å². The zero-order valence-electron chi connectivity index (χ0n) is 13.1. The molecule has 2 heterocycles. The van der Waals surface area contributed by atoms with Gasteiger partial charge < -0.3 is 4.74 Å². The Hall–Kier alpha value is -3.67. The summed E-state index contributed by atoms with van der Waals surface area (Å²) in [5.74, 6) is 0.0340. The number of ether oxygens (including phenoxy) is 1. The molecular formula is C14H11N7O4S. The number of carbonyl (C=O) groups is 1. The quantitative estimate of drug-likeness (QED) is 0.372. The number of amides is 1. The van der Waals surface area contributed by atoms with Crippen LogP contribution in [0.1, 0.15) is 4.88 Å². The predicted octanol–water partition coefficient (Wildman–Crippen LogP) is 1.16. The van der Waals surface area contributed by atoms with E-state index in [1.54, 1.807) is 30.3 Å². The van der Waals surface area contributed by atoms with E-state index in [4.69, 9.17) is 4.74 Å². The van der Waals surface area contributed by atoms with Crippen molar-refractivity contribution in [3.05, 3.63) is 57.7 Å². The predicted molar refractivity (Wildman–Crippen MR) is 91.4 cm³/mol. The number of nitrogens with one attached hydrogen (secondary N) is 1. The molecule has 0 aliphatic rings. The summed E-state index contributed by atoms with van der Waals surface area (Å²) >= 11 is 0.956. The Kier molecular flexibility index (Phi) is 5.24. The van der Waals surface area contributed by atoms with Gasteiger partial charge in [0.25, 0.3) is 5.91 Å². The molecule has 0 spiro atoms. The lowest BCUT2D eigenvalue weighted by molar-refractivity contribution is -0.380. The maximum absolute atomic E-state index is 11.7. The normalized spacial score (nSPS) is 10.8. The zero-order valence-corrected chi connectivity index (χ0v) is 13.9. The van der Waals surface area contributed by atoms with Crippen LogP contribution in [0.15, 0.2) is 47.8 Å². The Labute approximate surface area is 150 Å². The van der Waals surface area contributed by atoms with Crippen molar-refractivity contribution in [3.8, 4) is 11.4 Å². The van der Waals surface area contributed by atoms with Crippen molar-refractivity contribution in [2.45, 2.75) is 0 Å². The number of aromatic nitrogens is 4. The van der Waals surface area contributed by atoms with Crippen LogP contribution in [-0.2, 0) is 4.79 Å². The highest BCUT2D eigenvalue weighted by atomic mass is 32.1. The smallest absolute Gasteiger partial charge is 0.324 e. The number of hydrogen-bond donors (Lipinski definition) is 1. The fourth-order valence-electron chi connectivity index (χ4n) is 1.83. The van der Waals surface area contributed by atoms with E-state index >= 15 is 0 Å².